The largest absolute Gasteiger partial charge is 0.466 e. The van der Waals surface area contributed by atoms with Crippen LogP contribution in [0.2, 0.25) is 0 Å². The first-order valence-corrected chi connectivity index (χ1v) is 9.46. The molecule has 0 aliphatic rings. The van der Waals surface area contributed by atoms with Crippen molar-refractivity contribution in [3.63, 3.8) is 0 Å². The fourth-order valence-electron chi connectivity index (χ4n) is 2.54. The Hall–Kier alpha value is -0.530. The van der Waals surface area contributed by atoms with Gasteiger partial charge in [0.25, 0.3) is 0 Å². The van der Waals surface area contributed by atoms with Crippen LogP contribution in [0.4, 0.5) is 0 Å². The highest BCUT2D eigenvalue weighted by Crippen LogP contribution is 2.10. The predicted octanol–water partition coefficient (Wildman–Crippen LogP) is 6.42. The van der Waals surface area contributed by atoms with Gasteiger partial charge in [-0.25, -0.2) is 0 Å². The van der Waals surface area contributed by atoms with Crippen molar-refractivity contribution in [2.75, 3.05) is 6.61 Å². The molecular formula is C19H38O2. The zero-order chi connectivity index (χ0) is 15.6. The minimum absolute atomic E-state index is 0.00883. The summed E-state index contributed by atoms with van der Waals surface area (Å²) in [7, 11) is 0. The zero-order valence-electron chi connectivity index (χ0n) is 14.6. The summed E-state index contributed by atoms with van der Waals surface area (Å²) in [5, 5.41) is 0. The number of hydrogen-bond donors (Lipinski definition) is 0. The van der Waals surface area contributed by atoms with Gasteiger partial charge in [0.2, 0.25) is 0 Å². The number of rotatable bonds is 16. The Morgan fingerprint density at radius 2 is 1.05 bits per heavy atom. The Kier molecular flexibility index (Phi) is 17.1. The summed E-state index contributed by atoms with van der Waals surface area (Å²) < 4.78 is 5.28. The van der Waals surface area contributed by atoms with Crippen molar-refractivity contribution in [3.05, 3.63) is 0 Å². The van der Waals surface area contributed by atoms with Crippen LogP contribution in [-0.4, -0.2) is 12.6 Å². The first kappa shape index (κ1) is 20.5. The monoisotopic (exact) mass is 298 g/mol. The number of hydrogen-bond acceptors (Lipinski definition) is 2. The second kappa shape index (κ2) is 17.5. The first-order chi connectivity index (χ1) is 10.3. The first-order valence-electron chi connectivity index (χ1n) is 9.46. The maximum atomic E-state index is 11.5. The molecule has 0 rings (SSSR count). The van der Waals surface area contributed by atoms with Crippen LogP contribution in [0.5, 0.6) is 0 Å². The molecule has 0 spiro atoms. The molecule has 0 aromatic carbocycles. The van der Waals surface area contributed by atoms with Crippen LogP contribution in [0.25, 0.3) is 0 Å². The zero-order valence-corrected chi connectivity index (χ0v) is 14.6. The molecule has 0 fully saturated rings. The molecular weight excluding hydrogens is 260 g/mol. The molecule has 0 heterocycles. The SMILES string of the molecule is CCCCCCCCCOC(=O)CCCCCCCCC. The Morgan fingerprint density at radius 3 is 1.57 bits per heavy atom. The van der Waals surface area contributed by atoms with Gasteiger partial charge in [0.15, 0.2) is 0 Å². The molecule has 126 valence electrons. The van der Waals surface area contributed by atoms with Crippen LogP contribution < -0.4 is 0 Å². The van der Waals surface area contributed by atoms with E-state index in [-0.39, 0.29) is 5.97 Å². The van der Waals surface area contributed by atoms with Gasteiger partial charge in [0.1, 0.15) is 0 Å². The van der Waals surface area contributed by atoms with Crippen molar-refractivity contribution in [1.29, 1.82) is 0 Å². The molecule has 0 aromatic rings. The maximum absolute atomic E-state index is 11.5. The summed E-state index contributed by atoms with van der Waals surface area (Å²) >= 11 is 0. The van der Waals surface area contributed by atoms with Crippen molar-refractivity contribution >= 4 is 5.97 Å². The molecule has 0 radical (unpaired) electrons. The summed E-state index contributed by atoms with van der Waals surface area (Å²) in [5.41, 5.74) is 0. The van der Waals surface area contributed by atoms with Crippen LogP contribution in [-0.2, 0) is 9.53 Å². The van der Waals surface area contributed by atoms with E-state index in [1.54, 1.807) is 0 Å². The number of esters is 1. The average molecular weight is 299 g/mol. The average Bonchev–Trinajstić information content (AvgIpc) is 2.49. The lowest BCUT2D eigenvalue weighted by atomic mass is 10.1. The lowest BCUT2D eigenvalue weighted by molar-refractivity contribution is -0.143. The molecule has 0 saturated heterocycles. The predicted molar refractivity (Wildman–Crippen MR) is 91.6 cm³/mol. The minimum atomic E-state index is 0.00883. The normalized spacial score (nSPS) is 10.8. The highest BCUT2D eigenvalue weighted by atomic mass is 16.5. The van der Waals surface area contributed by atoms with Gasteiger partial charge in [-0.1, -0.05) is 90.9 Å². The van der Waals surface area contributed by atoms with E-state index in [0.717, 1.165) is 12.8 Å². The molecule has 2 nitrogen and oxygen atoms in total. The molecule has 0 aliphatic carbocycles. The Morgan fingerprint density at radius 1 is 0.619 bits per heavy atom. The molecule has 0 saturated carbocycles. The summed E-state index contributed by atoms with van der Waals surface area (Å²) in [5.74, 6) is 0.00883. The Bertz CT molecular complexity index is 214. The fourth-order valence-corrected chi connectivity index (χ4v) is 2.54. The molecule has 0 aliphatic heterocycles. The molecule has 0 aromatic heterocycles. The van der Waals surface area contributed by atoms with E-state index >= 15 is 0 Å². The van der Waals surface area contributed by atoms with Gasteiger partial charge in [0, 0.05) is 6.42 Å². The van der Waals surface area contributed by atoms with E-state index in [2.05, 4.69) is 13.8 Å². The van der Waals surface area contributed by atoms with Gasteiger partial charge >= 0.3 is 5.97 Å². The van der Waals surface area contributed by atoms with Crippen molar-refractivity contribution < 1.29 is 9.53 Å². The third kappa shape index (κ3) is 17.4. The van der Waals surface area contributed by atoms with Crippen molar-refractivity contribution in [2.45, 2.75) is 110 Å². The molecule has 0 amide bonds. The smallest absolute Gasteiger partial charge is 0.305 e. The van der Waals surface area contributed by atoms with Crippen molar-refractivity contribution in [3.8, 4) is 0 Å². The van der Waals surface area contributed by atoms with E-state index < -0.39 is 0 Å². The van der Waals surface area contributed by atoms with Crippen LogP contribution in [0, 0.1) is 0 Å². The van der Waals surface area contributed by atoms with Gasteiger partial charge in [-0.05, 0) is 12.8 Å². The third-order valence-corrected chi connectivity index (χ3v) is 4.00. The highest BCUT2D eigenvalue weighted by Gasteiger charge is 2.02. The Labute approximate surface area is 133 Å². The van der Waals surface area contributed by atoms with Gasteiger partial charge < -0.3 is 4.74 Å². The number of carbonyl (C=O) groups excluding carboxylic acids is 1. The summed E-state index contributed by atoms with van der Waals surface area (Å²) in [4.78, 5) is 11.5. The Balaban J connectivity index is 3.13. The molecule has 0 atom stereocenters. The summed E-state index contributed by atoms with van der Waals surface area (Å²) in [6.07, 6.45) is 18.2. The highest BCUT2D eigenvalue weighted by molar-refractivity contribution is 5.69. The van der Waals surface area contributed by atoms with Crippen molar-refractivity contribution in [2.24, 2.45) is 0 Å². The second-order valence-corrected chi connectivity index (χ2v) is 6.21. The van der Waals surface area contributed by atoms with Gasteiger partial charge in [-0.2, -0.15) is 0 Å². The standard InChI is InChI=1S/C19H38O2/c1-3-5-7-9-11-13-15-17-19(20)21-18-16-14-12-10-8-6-4-2/h3-18H2,1-2H3. The lowest BCUT2D eigenvalue weighted by Crippen LogP contribution is -2.05. The van der Waals surface area contributed by atoms with E-state index in [4.69, 9.17) is 4.74 Å². The lowest BCUT2D eigenvalue weighted by Gasteiger charge is -2.05. The van der Waals surface area contributed by atoms with Gasteiger partial charge in [-0.3, -0.25) is 4.79 Å². The number of carbonyl (C=O) groups is 1. The second-order valence-electron chi connectivity index (χ2n) is 6.21. The van der Waals surface area contributed by atoms with Gasteiger partial charge in [0.05, 0.1) is 6.61 Å². The molecule has 2 heteroatoms. The third-order valence-electron chi connectivity index (χ3n) is 4.00. The molecule has 0 unspecified atom stereocenters. The summed E-state index contributed by atoms with van der Waals surface area (Å²) in [6, 6.07) is 0. The van der Waals surface area contributed by atoms with Gasteiger partial charge in [-0.15, -0.1) is 0 Å². The van der Waals surface area contributed by atoms with Crippen LogP contribution in [0.15, 0.2) is 0 Å². The van der Waals surface area contributed by atoms with E-state index in [0.29, 0.717) is 13.0 Å². The quantitative estimate of drug-likeness (QED) is 0.243. The topological polar surface area (TPSA) is 26.3 Å². The van der Waals surface area contributed by atoms with E-state index in [9.17, 15) is 4.79 Å². The van der Waals surface area contributed by atoms with Crippen LogP contribution >= 0.6 is 0 Å². The fraction of sp³-hybridized carbons (Fsp3) is 0.947. The van der Waals surface area contributed by atoms with E-state index in [1.165, 1.54) is 77.0 Å². The van der Waals surface area contributed by atoms with Crippen LogP contribution in [0.1, 0.15) is 110 Å². The molecule has 0 N–H and O–H groups in total. The molecule has 0 bridgehead atoms. The maximum Gasteiger partial charge on any atom is 0.305 e. The summed E-state index contributed by atoms with van der Waals surface area (Å²) in [6.45, 7) is 5.11. The number of unbranched alkanes of at least 4 members (excludes halogenated alkanes) is 12. The van der Waals surface area contributed by atoms with E-state index in [1.807, 2.05) is 0 Å². The van der Waals surface area contributed by atoms with Crippen LogP contribution in [0.3, 0.4) is 0 Å². The number of ether oxygens (including phenoxy) is 1. The molecule has 21 heavy (non-hydrogen) atoms. The van der Waals surface area contributed by atoms with Crippen molar-refractivity contribution in [1.82, 2.24) is 0 Å². The minimum Gasteiger partial charge on any atom is -0.466 e.